The Hall–Kier alpha value is -0.700. The van der Waals surface area contributed by atoms with Crippen molar-refractivity contribution in [3.63, 3.8) is 0 Å². The maximum Gasteiger partial charge on any atom is 0.208 e. The minimum absolute atomic E-state index is 0.384. The van der Waals surface area contributed by atoms with Gasteiger partial charge in [-0.05, 0) is 28.4 Å². The fourth-order valence-corrected chi connectivity index (χ4v) is 3.04. The van der Waals surface area contributed by atoms with Crippen LogP contribution in [0.3, 0.4) is 0 Å². The number of nitrogens with zero attached hydrogens (tertiary/aromatic N) is 3. The zero-order valence-electron chi connectivity index (χ0n) is 11.5. The standard InChI is InChI=1S/C12H16BrClN4O2S/c1-21(19,20)16-5-2-6-18-11(3-4-14)17-10-7-9(13)8-15-12(10)18/h7-8,16H,2-6H2,1H3. The van der Waals surface area contributed by atoms with Gasteiger partial charge in [-0.2, -0.15) is 0 Å². The molecule has 116 valence electrons. The molecule has 0 aliphatic heterocycles. The fourth-order valence-electron chi connectivity index (χ4n) is 2.04. The molecular weight excluding hydrogens is 380 g/mol. The summed E-state index contributed by atoms with van der Waals surface area (Å²) in [7, 11) is -3.15. The van der Waals surface area contributed by atoms with Gasteiger partial charge in [0.25, 0.3) is 0 Å². The third kappa shape index (κ3) is 4.64. The first kappa shape index (κ1) is 16.7. The maximum atomic E-state index is 11.0. The zero-order valence-corrected chi connectivity index (χ0v) is 14.7. The molecule has 9 heteroatoms. The van der Waals surface area contributed by atoms with Crippen LogP contribution in [-0.2, 0) is 23.0 Å². The number of sulfonamides is 1. The first-order valence-electron chi connectivity index (χ1n) is 6.42. The fraction of sp³-hybridized carbons (Fsp3) is 0.500. The van der Waals surface area contributed by atoms with Crippen molar-refractivity contribution < 1.29 is 8.42 Å². The van der Waals surface area contributed by atoms with Crippen molar-refractivity contribution in [3.8, 4) is 0 Å². The summed E-state index contributed by atoms with van der Waals surface area (Å²) >= 11 is 9.19. The van der Waals surface area contributed by atoms with Gasteiger partial charge in [-0.15, -0.1) is 11.6 Å². The van der Waals surface area contributed by atoms with Crippen LogP contribution in [0.25, 0.3) is 11.2 Å². The first-order chi connectivity index (χ1) is 9.90. The molecule has 0 amide bonds. The second-order valence-corrected chi connectivity index (χ2v) is 7.76. The molecule has 2 aromatic rings. The number of halogens is 2. The molecule has 0 saturated heterocycles. The second-order valence-electron chi connectivity index (χ2n) is 4.63. The van der Waals surface area contributed by atoms with Gasteiger partial charge in [-0.3, -0.25) is 0 Å². The van der Waals surface area contributed by atoms with Gasteiger partial charge in [-0.25, -0.2) is 23.1 Å². The van der Waals surface area contributed by atoms with E-state index in [1.165, 1.54) is 0 Å². The quantitative estimate of drug-likeness (QED) is 0.574. The highest BCUT2D eigenvalue weighted by molar-refractivity contribution is 9.10. The number of nitrogens with one attached hydrogen (secondary N) is 1. The largest absolute Gasteiger partial charge is 0.313 e. The number of pyridine rings is 1. The van der Waals surface area contributed by atoms with E-state index in [0.29, 0.717) is 31.8 Å². The normalized spacial score (nSPS) is 12.1. The van der Waals surface area contributed by atoms with E-state index in [4.69, 9.17) is 11.6 Å². The summed E-state index contributed by atoms with van der Waals surface area (Å²) in [6.07, 6.45) is 4.18. The van der Waals surface area contributed by atoms with E-state index < -0.39 is 10.0 Å². The number of fused-ring (bicyclic) bond motifs is 1. The minimum Gasteiger partial charge on any atom is -0.313 e. The molecule has 0 saturated carbocycles. The van der Waals surface area contributed by atoms with Crippen LogP contribution in [0.4, 0.5) is 0 Å². The number of hydrogen-bond acceptors (Lipinski definition) is 4. The van der Waals surface area contributed by atoms with Crippen LogP contribution in [0.1, 0.15) is 12.2 Å². The van der Waals surface area contributed by atoms with Crippen molar-refractivity contribution in [1.29, 1.82) is 0 Å². The Kier molecular flexibility index (Phi) is 5.59. The highest BCUT2D eigenvalue weighted by Crippen LogP contribution is 2.19. The topological polar surface area (TPSA) is 76.9 Å². The Labute approximate surface area is 137 Å². The summed E-state index contributed by atoms with van der Waals surface area (Å²) in [6.45, 7) is 1.02. The monoisotopic (exact) mass is 394 g/mol. The second kappa shape index (κ2) is 7.04. The molecule has 0 bridgehead atoms. The molecule has 2 heterocycles. The Morgan fingerprint density at radius 1 is 1.48 bits per heavy atom. The molecule has 0 aromatic carbocycles. The lowest BCUT2D eigenvalue weighted by Gasteiger charge is -2.08. The van der Waals surface area contributed by atoms with Crippen LogP contribution < -0.4 is 4.72 Å². The van der Waals surface area contributed by atoms with Crippen molar-refractivity contribution in [2.75, 3.05) is 18.7 Å². The highest BCUT2D eigenvalue weighted by Gasteiger charge is 2.12. The van der Waals surface area contributed by atoms with E-state index in [1.54, 1.807) is 6.20 Å². The van der Waals surface area contributed by atoms with Crippen molar-refractivity contribution in [2.24, 2.45) is 0 Å². The Bertz CT molecular complexity index is 732. The minimum atomic E-state index is -3.15. The van der Waals surface area contributed by atoms with Gasteiger partial charge in [-0.1, -0.05) is 0 Å². The third-order valence-corrected chi connectivity index (χ3v) is 4.22. The molecule has 0 radical (unpaired) electrons. The molecule has 2 aromatic heterocycles. The molecule has 0 atom stereocenters. The smallest absolute Gasteiger partial charge is 0.208 e. The van der Waals surface area contributed by atoms with Crippen LogP contribution in [0.5, 0.6) is 0 Å². The molecule has 0 aliphatic carbocycles. The number of rotatable bonds is 7. The van der Waals surface area contributed by atoms with Crippen LogP contribution in [-0.4, -0.2) is 41.6 Å². The molecule has 0 aliphatic rings. The van der Waals surface area contributed by atoms with E-state index in [1.807, 2.05) is 10.6 Å². The number of imidazole rings is 1. The van der Waals surface area contributed by atoms with E-state index in [2.05, 4.69) is 30.6 Å². The molecule has 2 rings (SSSR count). The number of hydrogen-bond donors (Lipinski definition) is 1. The van der Waals surface area contributed by atoms with Crippen molar-refractivity contribution >= 4 is 48.7 Å². The Balaban J connectivity index is 2.18. The molecule has 1 N–H and O–H groups in total. The van der Waals surface area contributed by atoms with Gasteiger partial charge >= 0.3 is 0 Å². The predicted octanol–water partition coefficient (Wildman–Crippen LogP) is 1.91. The SMILES string of the molecule is CS(=O)(=O)NCCCn1c(CCCl)nc2cc(Br)cnc21. The summed E-state index contributed by atoms with van der Waals surface area (Å²) in [6, 6.07) is 1.91. The highest BCUT2D eigenvalue weighted by atomic mass is 79.9. The van der Waals surface area contributed by atoms with Crippen molar-refractivity contribution in [1.82, 2.24) is 19.3 Å². The van der Waals surface area contributed by atoms with E-state index in [-0.39, 0.29) is 0 Å². The van der Waals surface area contributed by atoms with E-state index in [0.717, 1.165) is 27.7 Å². The number of aryl methyl sites for hydroxylation is 2. The lowest BCUT2D eigenvalue weighted by Crippen LogP contribution is -2.24. The summed E-state index contributed by atoms with van der Waals surface area (Å²) in [5.41, 5.74) is 1.60. The van der Waals surface area contributed by atoms with Gasteiger partial charge in [0, 0.05) is 36.1 Å². The molecule has 0 unspecified atom stereocenters. The summed E-state index contributed by atoms with van der Waals surface area (Å²) < 4.78 is 27.4. The van der Waals surface area contributed by atoms with Crippen LogP contribution in [0.15, 0.2) is 16.7 Å². The molecule has 0 fully saturated rings. The molecule has 0 spiro atoms. The van der Waals surface area contributed by atoms with E-state index >= 15 is 0 Å². The average molecular weight is 396 g/mol. The van der Waals surface area contributed by atoms with Gasteiger partial charge < -0.3 is 4.57 Å². The predicted molar refractivity (Wildman–Crippen MR) is 87.1 cm³/mol. The summed E-state index contributed by atoms with van der Waals surface area (Å²) in [5.74, 6) is 1.34. The number of alkyl halides is 1. The molecular formula is C12H16BrClN4O2S. The lowest BCUT2D eigenvalue weighted by molar-refractivity contribution is 0.573. The Morgan fingerprint density at radius 3 is 2.90 bits per heavy atom. The summed E-state index contributed by atoms with van der Waals surface area (Å²) in [4.78, 5) is 8.92. The number of aromatic nitrogens is 3. The van der Waals surface area contributed by atoms with Crippen molar-refractivity contribution in [3.05, 3.63) is 22.6 Å². The van der Waals surface area contributed by atoms with Gasteiger partial charge in [0.15, 0.2) is 5.65 Å². The van der Waals surface area contributed by atoms with Crippen LogP contribution in [0.2, 0.25) is 0 Å². The van der Waals surface area contributed by atoms with Crippen molar-refractivity contribution in [2.45, 2.75) is 19.4 Å². The van der Waals surface area contributed by atoms with Crippen LogP contribution in [0, 0.1) is 0 Å². The maximum absolute atomic E-state index is 11.0. The average Bonchev–Trinajstić information content (AvgIpc) is 2.71. The molecule has 21 heavy (non-hydrogen) atoms. The first-order valence-corrected chi connectivity index (χ1v) is 9.64. The Morgan fingerprint density at radius 2 is 2.24 bits per heavy atom. The van der Waals surface area contributed by atoms with E-state index in [9.17, 15) is 8.42 Å². The van der Waals surface area contributed by atoms with Crippen LogP contribution >= 0.6 is 27.5 Å². The van der Waals surface area contributed by atoms with Gasteiger partial charge in [0.05, 0.1) is 6.26 Å². The van der Waals surface area contributed by atoms with Gasteiger partial charge in [0.1, 0.15) is 11.3 Å². The molecule has 6 nitrogen and oxygen atoms in total. The third-order valence-electron chi connectivity index (χ3n) is 2.87. The summed E-state index contributed by atoms with van der Waals surface area (Å²) in [5, 5.41) is 0. The van der Waals surface area contributed by atoms with Gasteiger partial charge in [0.2, 0.25) is 10.0 Å². The zero-order chi connectivity index (χ0) is 15.5. The lowest BCUT2D eigenvalue weighted by atomic mass is 10.4.